The van der Waals surface area contributed by atoms with E-state index in [1.165, 1.54) is 0 Å². The summed E-state index contributed by atoms with van der Waals surface area (Å²) < 4.78 is 16.6. The van der Waals surface area contributed by atoms with Crippen molar-refractivity contribution >= 4 is 5.97 Å². The van der Waals surface area contributed by atoms with E-state index in [1.54, 1.807) is 13.0 Å². The Morgan fingerprint density at radius 2 is 2.13 bits per heavy atom. The first kappa shape index (κ1) is 14.1. The lowest BCUT2D eigenvalue weighted by Crippen LogP contribution is -2.08. The van der Waals surface area contributed by atoms with Gasteiger partial charge in [0.2, 0.25) is 0 Å². The maximum Gasteiger partial charge on any atom is 0.333 e. The van der Waals surface area contributed by atoms with E-state index in [4.69, 9.17) is 9.84 Å². The molecule has 0 saturated carbocycles. The molecule has 0 heterocycles. The minimum absolute atomic E-state index is 0.0204. The van der Waals surface area contributed by atoms with Crippen molar-refractivity contribution in [2.24, 2.45) is 0 Å². The molecule has 0 radical (unpaired) electrons. The Hall–Kier alpha value is -0.900. The number of unbranched alkanes of at least 4 members (excludes halogenated alkanes) is 2. The number of alkyl halides is 1. The van der Waals surface area contributed by atoms with Gasteiger partial charge in [-0.05, 0) is 26.2 Å². The smallest absolute Gasteiger partial charge is 0.333 e. The maximum atomic E-state index is 11.7. The molecule has 0 aromatic rings. The fourth-order valence-corrected chi connectivity index (χ4v) is 0.984. The predicted octanol–water partition coefficient (Wildman–Crippen LogP) is 2.00. The maximum absolute atomic E-state index is 11.7. The van der Waals surface area contributed by atoms with Gasteiger partial charge in [-0.25, -0.2) is 4.79 Å². The molecule has 0 rings (SSSR count). The molecule has 0 aliphatic rings. The summed E-state index contributed by atoms with van der Waals surface area (Å²) in [5.74, 6) is -0.358. The Morgan fingerprint density at radius 3 is 2.73 bits per heavy atom. The number of allylic oxidation sites excluding steroid dienone is 1. The molecule has 0 unspecified atom stereocenters. The Kier molecular flexibility index (Phi) is 9.07. The highest BCUT2D eigenvalue weighted by Gasteiger charge is 2.04. The molecule has 0 aromatic carbocycles. The number of carbonyl (C=O) groups is 1. The van der Waals surface area contributed by atoms with Crippen LogP contribution >= 0.6 is 0 Å². The van der Waals surface area contributed by atoms with Gasteiger partial charge in [0.25, 0.3) is 0 Å². The van der Waals surface area contributed by atoms with Crippen LogP contribution in [0.1, 0.15) is 32.6 Å². The zero-order chi connectivity index (χ0) is 11.5. The molecule has 0 amide bonds. The van der Waals surface area contributed by atoms with Crippen molar-refractivity contribution in [3.63, 3.8) is 0 Å². The molecule has 0 bridgehead atoms. The van der Waals surface area contributed by atoms with Crippen molar-refractivity contribution in [2.75, 3.05) is 19.9 Å². The van der Waals surface area contributed by atoms with E-state index in [2.05, 4.69) is 0 Å². The highest BCUT2D eigenvalue weighted by Crippen LogP contribution is 2.03. The number of hydrogen-bond donors (Lipinski definition) is 1. The quantitative estimate of drug-likeness (QED) is 0.385. The number of hydrogen-bond acceptors (Lipinski definition) is 3. The van der Waals surface area contributed by atoms with Gasteiger partial charge in [0.05, 0.1) is 13.3 Å². The van der Waals surface area contributed by atoms with E-state index in [9.17, 15) is 9.18 Å². The van der Waals surface area contributed by atoms with Crippen LogP contribution in [0.15, 0.2) is 11.6 Å². The largest absolute Gasteiger partial charge is 0.462 e. The summed E-state index contributed by atoms with van der Waals surface area (Å²) in [6, 6.07) is 0. The van der Waals surface area contributed by atoms with Gasteiger partial charge in [-0.15, -0.1) is 0 Å². The van der Waals surface area contributed by atoms with Crippen molar-refractivity contribution in [2.45, 2.75) is 32.6 Å². The molecule has 1 N–H and O–H groups in total. The molecule has 88 valence electrons. The number of ether oxygens (including phenoxy) is 1. The molecule has 0 spiro atoms. The molecule has 0 aliphatic carbocycles. The molecule has 15 heavy (non-hydrogen) atoms. The molecule has 0 aliphatic heterocycles. The zero-order valence-corrected chi connectivity index (χ0v) is 9.17. The average molecular weight is 218 g/mol. The highest BCUT2D eigenvalue weighted by molar-refractivity contribution is 5.87. The fraction of sp³-hybridized carbons (Fsp3) is 0.727. The molecule has 0 saturated heterocycles. The minimum atomic E-state index is -0.358. The molecular weight excluding hydrogens is 199 g/mol. The average Bonchev–Trinajstić information content (AvgIpc) is 2.24. The number of aliphatic hydroxyl groups excluding tert-OH is 1. The molecular formula is C11H19FO3. The third kappa shape index (κ3) is 8.12. The number of aliphatic hydroxyl groups is 1. The first-order valence-electron chi connectivity index (χ1n) is 5.23. The van der Waals surface area contributed by atoms with Crippen molar-refractivity contribution in [1.82, 2.24) is 0 Å². The minimum Gasteiger partial charge on any atom is -0.462 e. The topological polar surface area (TPSA) is 46.5 Å². The van der Waals surface area contributed by atoms with Gasteiger partial charge in [0.15, 0.2) is 0 Å². The highest BCUT2D eigenvalue weighted by atomic mass is 19.1. The first-order valence-corrected chi connectivity index (χ1v) is 5.23. The third-order valence-electron chi connectivity index (χ3n) is 1.90. The number of halogens is 1. The van der Waals surface area contributed by atoms with E-state index in [1.807, 2.05) is 0 Å². The summed E-state index contributed by atoms with van der Waals surface area (Å²) >= 11 is 0. The van der Waals surface area contributed by atoms with Crippen molar-refractivity contribution in [3.8, 4) is 0 Å². The Bertz CT molecular complexity index is 202. The normalized spacial score (nSPS) is 11.5. The predicted molar refractivity (Wildman–Crippen MR) is 56.2 cm³/mol. The van der Waals surface area contributed by atoms with Crippen molar-refractivity contribution < 1.29 is 19.0 Å². The van der Waals surface area contributed by atoms with E-state index in [0.29, 0.717) is 24.8 Å². The van der Waals surface area contributed by atoms with Crippen LogP contribution in [0.2, 0.25) is 0 Å². The number of carbonyl (C=O) groups excluding carboxylic acids is 1. The summed E-state index contributed by atoms with van der Waals surface area (Å²) in [7, 11) is 0. The van der Waals surface area contributed by atoms with E-state index in [0.717, 1.165) is 6.42 Å². The van der Waals surface area contributed by atoms with E-state index >= 15 is 0 Å². The van der Waals surface area contributed by atoms with Crippen LogP contribution in [0.3, 0.4) is 0 Å². The Morgan fingerprint density at radius 1 is 1.40 bits per heavy atom. The summed E-state index contributed by atoms with van der Waals surface area (Å²) in [6.07, 6.45) is 4.20. The van der Waals surface area contributed by atoms with Gasteiger partial charge in [0, 0.05) is 18.6 Å². The van der Waals surface area contributed by atoms with Crippen LogP contribution < -0.4 is 0 Å². The molecule has 0 aromatic heterocycles. The number of rotatable bonds is 8. The summed E-state index contributed by atoms with van der Waals surface area (Å²) in [5.41, 5.74) is 0.548. The van der Waals surface area contributed by atoms with Gasteiger partial charge < -0.3 is 9.84 Å². The van der Waals surface area contributed by atoms with Crippen LogP contribution in [-0.2, 0) is 9.53 Å². The van der Waals surface area contributed by atoms with Gasteiger partial charge in [-0.2, -0.15) is 0 Å². The van der Waals surface area contributed by atoms with Crippen LogP contribution in [0.25, 0.3) is 0 Å². The molecule has 0 fully saturated rings. The fourth-order valence-electron chi connectivity index (χ4n) is 0.984. The molecule has 3 nitrogen and oxygen atoms in total. The lowest BCUT2D eigenvalue weighted by molar-refractivity contribution is -0.139. The SMILES string of the molecule is CC(=CCCCCF)C(=O)OCCCO. The van der Waals surface area contributed by atoms with Gasteiger partial charge >= 0.3 is 5.97 Å². The second kappa shape index (κ2) is 9.65. The van der Waals surface area contributed by atoms with Crippen LogP contribution in [-0.4, -0.2) is 31.0 Å². The lowest BCUT2D eigenvalue weighted by atomic mass is 10.2. The zero-order valence-electron chi connectivity index (χ0n) is 9.17. The summed E-state index contributed by atoms with van der Waals surface area (Å²) in [4.78, 5) is 11.2. The Labute approximate surface area is 89.9 Å². The van der Waals surface area contributed by atoms with Crippen LogP contribution in [0, 0.1) is 0 Å². The van der Waals surface area contributed by atoms with E-state index in [-0.39, 0.29) is 25.9 Å². The summed E-state index contributed by atoms with van der Waals surface area (Å²) in [6.45, 7) is 1.63. The van der Waals surface area contributed by atoms with Gasteiger partial charge in [-0.3, -0.25) is 4.39 Å². The lowest BCUT2D eigenvalue weighted by Gasteiger charge is -2.03. The van der Waals surface area contributed by atoms with Crippen LogP contribution in [0.5, 0.6) is 0 Å². The third-order valence-corrected chi connectivity index (χ3v) is 1.90. The molecule has 4 heteroatoms. The second-order valence-electron chi connectivity index (χ2n) is 3.28. The van der Waals surface area contributed by atoms with Crippen LogP contribution in [0.4, 0.5) is 4.39 Å². The van der Waals surface area contributed by atoms with Gasteiger partial charge in [-0.1, -0.05) is 6.08 Å². The van der Waals surface area contributed by atoms with E-state index < -0.39 is 0 Å². The monoisotopic (exact) mass is 218 g/mol. The summed E-state index contributed by atoms with van der Waals surface area (Å²) in [5, 5.41) is 8.48. The Balaban J connectivity index is 3.66. The molecule has 0 atom stereocenters. The van der Waals surface area contributed by atoms with Crippen molar-refractivity contribution in [1.29, 1.82) is 0 Å². The second-order valence-corrected chi connectivity index (χ2v) is 3.28. The van der Waals surface area contributed by atoms with Gasteiger partial charge in [0.1, 0.15) is 0 Å². The first-order chi connectivity index (χ1) is 7.22. The number of esters is 1. The standard InChI is InChI=1S/C11H19FO3/c1-10(6-3-2-4-7-12)11(14)15-9-5-8-13/h6,13H,2-5,7-9H2,1H3. The van der Waals surface area contributed by atoms with Crippen molar-refractivity contribution in [3.05, 3.63) is 11.6 Å².